The van der Waals surface area contributed by atoms with E-state index in [1.807, 2.05) is 47.8 Å². The average Bonchev–Trinajstić information content (AvgIpc) is 3.10. The Kier molecular flexibility index (Phi) is 4.00. The summed E-state index contributed by atoms with van der Waals surface area (Å²) in [7, 11) is 0. The molecular weight excluding hydrogens is 308 g/mol. The molecule has 3 aromatic rings. The monoisotopic (exact) mass is 318 g/mol. The normalized spacial score (nSPS) is 10.2. The van der Waals surface area contributed by atoms with E-state index in [0.29, 0.717) is 10.2 Å². The largest absolute Gasteiger partial charge is 0.332 e. The lowest BCUT2D eigenvalue weighted by Gasteiger charge is -2.07. The van der Waals surface area contributed by atoms with Crippen LogP contribution in [0.15, 0.2) is 47.8 Å². The van der Waals surface area contributed by atoms with Gasteiger partial charge in [-0.1, -0.05) is 35.6 Å². The Morgan fingerprint density at radius 2 is 1.85 bits per heavy atom. The molecule has 2 N–H and O–H groups in total. The number of rotatable bonds is 3. The Morgan fingerprint density at radius 3 is 2.60 bits per heavy atom. The summed E-state index contributed by atoms with van der Waals surface area (Å²) < 4.78 is 0. The lowest BCUT2D eigenvalue weighted by Crippen LogP contribution is -2.18. The second-order valence-electron chi connectivity index (χ2n) is 3.83. The maximum atomic E-state index is 5.25. The first-order chi connectivity index (χ1) is 9.81. The first kappa shape index (κ1) is 13.2. The van der Waals surface area contributed by atoms with Gasteiger partial charge in [0.25, 0.3) is 0 Å². The van der Waals surface area contributed by atoms with Crippen molar-refractivity contribution in [3.8, 4) is 9.88 Å². The molecule has 0 spiro atoms. The molecular formula is C13H10N4S3. The maximum Gasteiger partial charge on any atom is 0.212 e. The van der Waals surface area contributed by atoms with Crippen LogP contribution in [0.25, 0.3) is 9.88 Å². The molecule has 0 atom stereocenters. The Morgan fingerprint density at radius 1 is 1.00 bits per heavy atom. The number of nitrogens with zero attached hydrogens (tertiary/aromatic N) is 2. The molecule has 0 aliphatic rings. The van der Waals surface area contributed by atoms with Gasteiger partial charge in [0.2, 0.25) is 5.13 Å². The second kappa shape index (κ2) is 6.08. The zero-order valence-corrected chi connectivity index (χ0v) is 12.7. The smallest absolute Gasteiger partial charge is 0.212 e. The first-order valence-electron chi connectivity index (χ1n) is 5.82. The van der Waals surface area contributed by atoms with Gasteiger partial charge in [-0.05, 0) is 35.8 Å². The number of hydrogen-bond donors (Lipinski definition) is 2. The number of para-hydroxylation sites is 1. The minimum atomic E-state index is 0.505. The van der Waals surface area contributed by atoms with Gasteiger partial charge in [0, 0.05) is 5.69 Å². The molecule has 0 fully saturated rings. The highest BCUT2D eigenvalue weighted by Gasteiger charge is 2.08. The van der Waals surface area contributed by atoms with Crippen molar-refractivity contribution in [2.75, 3.05) is 10.6 Å². The molecule has 100 valence electrons. The molecule has 20 heavy (non-hydrogen) atoms. The van der Waals surface area contributed by atoms with Crippen molar-refractivity contribution in [3.63, 3.8) is 0 Å². The van der Waals surface area contributed by atoms with Gasteiger partial charge < -0.3 is 10.6 Å². The van der Waals surface area contributed by atoms with Crippen molar-refractivity contribution in [2.24, 2.45) is 0 Å². The van der Waals surface area contributed by atoms with Crippen LogP contribution in [0.5, 0.6) is 0 Å². The van der Waals surface area contributed by atoms with Gasteiger partial charge in [-0.2, -0.15) is 0 Å². The van der Waals surface area contributed by atoms with Gasteiger partial charge in [0.05, 0.1) is 4.88 Å². The number of thiophene rings is 1. The van der Waals surface area contributed by atoms with Gasteiger partial charge >= 0.3 is 0 Å². The zero-order chi connectivity index (χ0) is 13.8. The molecule has 0 amide bonds. The van der Waals surface area contributed by atoms with Gasteiger partial charge in [0.1, 0.15) is 0 Å². The summed E-state index contributed by atoms with van der Waals surface area (Å²) in [6.45, 7) is 0. The highest BCUT2D eigenvalue weighted by molar-refractivity contribution is 7.80. The van der Waals surface area contributed by atoms with E-state index in [0.717, 1.165) is 15.6 Å². The molecule has 2 aromatic heterocycles. The predicted octanol–water partition coefficient (Wildman–Crippen LogP) is 4.08. The lowest BCUT2D eigenvalue weighted by atomic mass is 10.3. The number of thiocarbonyl (C=S) groups is 1. The Balaban J connectivity index is 1.65. The zero-order valence-electron chi connectivity index (χ0n) is 10.2. The van der Waals surface area contributed by atoms with Crippen LogP contribution in [0, 0.1) is 0 Å². The quantitative estimate of drug-likeness (QED) is 0.713. The van der Waals surface area contributed by atoms with Crippen LogP contribution in [-0.4, -0.2) is 15.3 Å². The van der Waals surface area contributed by atoms with Crippen LogP contribution in [-0.2, 0) is 0 Å². The average molecular weight is 318 g/mol. The summed E-state index contributed by atoms with van der Waals surface area (Å²) in [6.07, 6.45) is 0. The highest BCUT2D eigenvalue weighted by atomic mass is 32.1. The number of aromatic nitrogens is 2. The molecule has 7 heteroatoms. The summed E-state index contributed by atoms with van der Waals surface area (Å²) in [4.78, 5) is 1.11. The van der Waals surface area contributed by atoms with E-state index in [9.17, 15) is 0 Å². The standard InChI is InChI=1S/C13H10N4S3/c18-12(14-9-5-2-1-3-6-9)15-13-17-16-11(20-13)10-7-4-8-19-10/h1-8H,(H2,14,15,17,18). The summed E-state index contributed by atoms with van der Waals surface area (Å²) >= 11 is 8.37. The van der Waals surface area contributed by atoms with Gasteiger partial charge in [0.15, 0.2) is 10.1 Å². The minimum Gasteiger partial charge on any atom is -0.332 e. The topological polar surface area (TPSA) is 49.8 Å². The van der Waals surface area contributed by atoms with E-state index >= 15 is 0 Å². The van der Waals surface area contributed by atoms with Crippen molar-refractivity contribution >= 4 is 50.8 Å². The van der Waals surface area contributed by atoms with E-state index in [2.05, 4.69) is 20.8 Å². The summed E-state index contributed by atoms with van der Waals surface area (Å²) in [5, 5.41) is 18.5. The molecule has 0 bridgehead atoms. The molecule has 0 saturated heterocycles. The van der Waals surface area contributed by atoms with Crippen LogP contribution < -0.4 is 10.6 Å². The van der Waals surface area contributed by atoms with Crippen molar-refractivity contribution in [1.82, 2.24) is 10.2 Å². The van der Waals surface area contributed by atoms with Gasteiger partial charge in [-0.3, -0.25) is 0 Å². The van der Waals surface area contributed by atoms with Crippen molar-refractivity contribution in [1.29, 1.82) is 0 Å². The first-order valence-corrected chi connectivity index (χ1v) is 7.92. The van der Waals surface area contributed by atoms with E-state index in [1.165, 1.54) is 11.3 Å². The van der Waals surface area contributed by atoms with E-state index in [1.54, 1.807) is 11.3 Å². The lowest BCUT2D eigenvalue weighted by molar-refractivity contribution is 1.10. The SMILES string of the molecule is S=C(Nc1ccccc1)Nc1nnc(-c2cccs2)s1. The highest BCUT2D eigenvalue weighted by Crippen LogP contribution is 2.29. The predicted molar refractivity (Wildman–Crippen MR) is 89.5 cm³/mol. The number of benzene rings is 1. The molecule has 3 rings (SSSR count). The third-order valence-corrected chi connectivity index (χ3v) is 4.49. The fraction of sp³-hybridized carbons (Fsp3) is 0. The van der Waals surface area contributed by atoms with Gasteiger partial charge in [-0.25, -0.2) is 0 Å². The molecule has 0 aliphatic heterocycles. The maximum absolute atomic E-state index is 5.25. The van der Waals surface area contributed by atoms with Crippen LogP contribution in [0.2, 0.25) is 0 Å². The Hall–Kier alpha value is -1.83. The second-order valence-corrected chi connectivity index (χ2v) is 6.17. The molecule has 4 nitrogen and oxygen atoms in total. The molecule has 2 heterocycles. The van der Waals surface area contributed by atoms with Crippen molar-refractivity contribution < 1.29 is 0 Å². The Bertz CT molecular complexity index is 692. The van der Waals surface area contributed by atoms with Crippen LogP contribution in [0.4, 0.5) is 10.8 Å². The molecule has 0 aliphatic carbocycles. The van der Waals surface area contributed by atoms with E-state index in [-0.39, 0.29) is 0 Å². The summed E-state index contributed by atoms with van der Waals surface area (Å²) in [5.41, 5.74) is 0.938. The summed E-state index contributed by atoms with van der Waals surface area (Å²) in [6, 6.07) is 13.8. The molecule has 1 aromatic carbocycles. The minimum absolute atomic E-state index is 0.505. The number of anilines is 2. The third kappa shape index (κ3) is 3.19. The van der Waals surface area contributed by atoms with Crippen molar-refractivity contribution in [2.45, 2.75) is 0 Å². The molecule has 0 saturated carbocycles. The van der Waals surface area contributed by atoms with Crippen LogP contribution in [0.3, 0.4) is 0 Å². The fourth-order valence-electron chi connectivity index (χ4n) is 1.55. The molecule has 0 radical (unpaired) electrons. The van der Waals surface area contributed by atoms with Crippen LogP contribution in [0.1, 0.15) is 0 Å². The van der Waals surface area contributed by atoms with E-state index in [4.69, 9.17) is 12.2 Å². The van der Waals surface area contributed by atoms with Crippen molar-refractivity contribution in [3.05, 3.63) is 47.8 Å². The number of hydrogen-bond acceptors (Lipinski definition) is 5. The molecule has 0 unspecified atom stereocenters. The van der Waals surface area contributed by atoms with E-state index < -0.39 is 0 Å². The summed E-state index contributed by atoms with van der Waals surface area (Å²) in [5.74, 6) is 0. The van der Waals surface area contributed by atoms with Gasteiger partial charge in [-0.15, -0.1) is 21.5 Å². The van der Waals surface area contributed by atoms with Crippen LogP contribution >= 0.6 is 34.9 Å². The Labute approximate surface area is 129 Å². The third-order valence-electron chi connectivity index (χ3n) is 2.41. The fourth-order valence-corrected chi connectivity index (χ4v) is 3.37. The number of nitrogens with one attached hydrogen (secondary N) is 2.